The summed E-state index contributed by atoms with van der Waals surface area (Å²) < 4.78 is 5.66. The maximum absolute atomic E-state index is 12.7. The van der Waals surface area contributed by atoms with E-state index in [4.69, 9.17) is 4.74 Å². The van der Waals surface area contributed by atoms with Crippen LogP contribution in [0.15, 0.2) is 48.5 Å². The van der Waals surface area contributed by atoms with Gasteiger partial charge in [0.1, 0.15) is 12.3 Å². The highest BCUT2D eigenvalue weighted by atomic mass is 16.5. The summed E-state index contributed by atoms with van der Waals surface area (Å²) in [5.74, 6) is -0.218. The Morgan fingerprint density at radius 2 is 1.76 bits per heavy atom. The average molecular weight is 395 g/mol. The summed E-state index contributed by atoms with van der Waals surface area (Å²) in [7, 11) is 0. The van der Waals surface area contributed by atoms with E-state index in [2.05, 4.69) is 10.6 Å². The van der Waals surface area contributed by atoms with Crippen molar-refractivity contribution in [2.45, 2.75) is 39.2 Å². The van der Waals surface area contributed by atoms with Gasteiger partial charge in [0.25, 0.3) is 5.91 Å². The fourth-order valence-corrected chi connectivity index (χ4v) is 3.07. The van der Waals surface area contributed by atoms with Gasteiger partial charge < -0.3 is 15.4 Å². The Morgan fingerprint density at radius 3 is 2.48 bits per heavy atom. The molecule has 0 saturated heterocycles. The Hall–Kier alpha value is -3.35. The molecule has 0 radical (unpaired) electrons. The van der Waals surface area contributed by atoms with Crippen LogP contribution < -0.4 is 20.3 Å². The third-order valence-electron chi connectivity index (χ3n) is 4.57. The van der Waals surface area contributed by atoms with Crippen LogP contribution in [-0.4, -0.2) is 30.4 Å². The fourth-order valence-electron chi connectivity index (χ4n) is 3.07. The van der Waals surface area contributed by atoms with Gasteiger partial charge in [-0.15, -0.1) is 0 Å². The summed E-state index contributed by atoms with van der Waals surface area (Å²) in [6, 6.07) is 14.2. The summed E-state index contributed by atoms with van der Waals surface area (Å²) in [6.45, 7) is 3.52. The number of amides is 3. The summed E-state index contributed by atoms with van der Waals surface area (Å²) in [5.41, 5.74) is 1.68. The zero-order chi connectivity index (χ0) is 20.8. The predicted octanol–water partition coefficient (Wildman–Crippen LogP) is 3.57. The number of hydrogen-bond acceptors (Lipinski definition) is 4. The van der Waals surface area contributed by atoms with Crippen molar-refractivity contribution in [3.05, 3.63) is 48.5 Å². The fraction of sp³-hybridized carbons (Fsp3) is 0.318. The van der Waals surface area contributed by atoms with Gasteiger partial charge in [-0.2, -0.15) is 0 Å². The number of anilines is 3. The number of benzene rings is 2. The quantitative estimate of drug-likeness (QED) is 0.750. The van der Waals surface area contributed by atoms with Gasteiger partial charge in [-0.3, -0.25) is 19.3 Å². The molecule has 7 nitrogen and oxygen atoms in total. The third kappa shape index (κ3) is 5.13. The van der Waals surface area contributed by atoms with Crippen LogP contribution in [0.5, 0.6) is 5.75 Å². The molecule has 29 heavy (non-hydrogen) atoms. The number of nitrogens with zero attached hydrogens (tertiary/aromatic N) is 1. The van der Waals surface area contributed by atoms with Crippen LogP contribution in [0, 0.1) is 0 Å². The molecule has 0 bridgehead atoms. The van der Waals surface area contributed by atoms with Gasteiger partial charge in [-0.05, 0) is 43.7 Å². The number of rotatable bonds is 7. The first kappa shape index (κ1) is 20.4. The number of nitrogens with one attached hydrogen (secondary N) is 2. The maximum atomic E-state index is 12.7. The molecular weight excluding hydrogens is 370 g/mol. The molecule has 152 valence electrons. The number of para-hydroxylation sites is 1. The van der Waals surface area contributed by atoms with E-state index >= 15 is 0 Å². The minimum absolute atomic E-state index is 0.0865. The van der Waals surface area contributed by atoms with Crippen LogP contribution in [0.1, 0.15) is 33.1 Å². The number of hydrogen-bond donors (Lipinski definition) is 2. The second-order valence-electron chi connectivity index (χ2n) is 6.93. The Morgan fingerprint density at radius 1 is 1.03 bits per heavy atom. The summed E-state index contributed by atoms with van der Waals surface area (Å²) in [4.78, 5) is 38.6. The Kier molecular flexibility index (Phi) is 6.49. The molecule has 2 aromatic carbocycles. The highest BCUT2D eigenvalue weighted by molar-refractivity contribution is 6.06. The van der Waals surface area contributed by atoms with Gasteiger partial charge in [-0.25, -0.2) is 0 Å². The second-order valence-corrected chi connectivity index (χ2v) is 6.93. The molecule has 0 aromatic heterocycles. The molecule has 3 amide bonds. The van der Waals surface area contributed by atoms with Crippen molar-refractivity contribution in [3.8, 4) is 5.75 Å². The predicted molar refractivity (Wildman–Crippen MR) is 112 cm³/mol. The second kappa shape index (κ2) is 9.23. The van der Waals surface area contributed by atoms with E-state index in [0.717, 1.165) is 12.8 Å². The molecule has 3 rings (SSSR count). The van der Waals surface area contributed by atoms with Crippen LogP contribution >= 0.6 is 0 Å². The van der Waals surface area contributed by atoms with Gasteiger partial charge in [0, 0.05) is 17.8 Å². The van der Waals surface area contributed by atoms with E-state index in [1.54, 1.807) is 37.3 Å². The van der Waals surface area contributed by atoms with Gasteiger partial charge >= 0.3 is 0 Å². The van der Waals surface area contributed by atoms with E-state index in [-0.39, 0.29) is 24.3 Å². The highest BCUT2D eigenvalue weighted by Gasteiger charge is 2.33. The molecule has 1 heterocycles. The molecule has 1 unspecified atom stereocenters. The first-order chi connectivity index (χ1) is 14.0. The monoisotopic (exact) mass is 395 g/mol. The lowest BCUT2D eigenvalue weighted by Gasteiger charge is -2.33. The number of carbonyl (C=O) groups excluding carboxylic acids is 3. The van der Waals surface area contributed by atoms with Crippen LogP contribution in [0.25, 0.3) is 0 Å². The SMILES string of the molecule is CCCCC(=O)Nc1ccc2c(c1)N(CC(=O)Nc1ccccc1)C(=O)C(C)O2. The van der Waals surface area contributed by atoms with E-state index in [1.807, 2.05) is 25.1 Å². The van der Waals surface area contributed by atoms with Gasteiger partial charge in [0.15, 0.2) is 6.10 Å². The molecule has 1 aliphatic rings. The summed E-state index contributed by atoms with van der Waals surface area (Å²) in [6.07, 6.45) is 1.48. The van der Waals surface area contributed by atoms with Crippen LogP contribution in [-0.2, 0) is 14.4 Å². The minimum Gasteiger partial charge on any atom is -0.479 e. The number of fused-ring (bicyclic) bond motifs is 1. The van der Waals surface area contributed by atoms with E-state index in [1.165, 1.54) is 4.90 Å². The first-order valence-corrected chi connectivity index (χ1v) is 9.74. The lowest BCUT2D eigenvalue weighted by Crippen LogP contribution is -2.47. The van der Waals surface area contributed by atoms with Crippen molar-refractivity contribution in [2.75, 3.05) is 22.1 Å². The van der Waals surface area contributed by atoms with Crippen molar-refractivity contribution in [3.63, 3.8) is 0 Å². The number of carbonyl (C=O) groups is 3. The van der Waals surface area contributed by atoms with Crippen molar-refractivity contribution < 1.29 is 19.1 Å². The molecule has 0 saturated carbocycles. The lowest BCUT2D eigenvalue weighted by atomic mass is 10.1. The lowest BCUT2D eigenvalue weighted by molar-refractivity contribution is -0.127. The molecule has 7 heteroatoms. The standard InChI is InChI=1S/C22H25N3O4/c1-3-4-10-20(26)24-17-11-12-19-18(13-17)25(22(28)15(2)29-19)14-21(27)23-16-8-6-5-7-9-16/h5-9,11-13,15H,3-4,10,14H2,1-2H3,(H,23,27)(H,24,26). The maximum Gasteiger partial charge on any atom is 0.268 e. The summed E-state index contributed by atoms with van der Waals surface area (Å²) in [5, 5.41) is 5.62. The minimum atomic E-state index is -0.697. The third-order valence-corrected chi connectivity index (χ3v) is 4.57. The Labute approximate surface area is 170 Å². The topological polar surface area (TPSA) is 87.7 Å². The first-order valence-electron chi connectivity index (χ1n) is 9.74. The average Bonchev–Trinajstić information content (AvgIpc) is 2.71. The van der Waals surface area contributed by atoms with Crippen LogP contribution in [0.4, 0.5) is 17.1 Å². The van der Waals surface area contributed by atoms with Crippen molar-refractivity contribution in [1.29, 1.82) is 0 Å². The highest BCUT2D eigenvalue weighted by Crippen LogP contribution is 2.36. The Bertz CT molecular complexity index is 898. The van der Waals surface area contributed by atoms with Crippen LogP contribution in [0.2, 0.25) is 0 Å². The van der Waals surface area contributed by atoms with Crippen molar-refractivity contribution >= 4 is 34.8 Å². The van der Waals surface area contributed by atoms with Crippen molar-refractivity contribution in [1.82, 2.24) is 0 Å². The molecule has 2 N–H and O–H groups in total. The molecular formula is C22H25N3O4. The molecule has 0 spiro atoms. The summed E-state index contributed by atoms with van der Waals surface area (Å²) >= 11 is 0. The molecule has 0 fully saturated rings. The molecule has 1 aliphatic heterocycles. The largest absolute Gasteiger partial charge is 0.479 e. The van der Waals surface area contributed by atoms with E-state index < -0.39 is 6.10 Å². The Balaban J connectivity index is 1.78. The van der Waals surface area contributed by atoms with Gasteiger partial charge in [-0.1, -0.05) is 31.5 Å². The van der Waals surface area contributed by atoms with Gasteiger partial charge in [0.2, 0.25) is 11.8 Å². The van der Waals surface area contributed by atoms with E-state index in [0.29, 0.717) is 29.2 Å². The molecule has 0 aliphatic carbocycles. The molecule has 1 atom stereocenters. The van der Waals surface area contributed by atoms with Crippen molar-refractivity contribution in [2.24, 2.45) is 0 Å². The zero-order valence-corrected chi connectivity index (χ0v) is 16.6. The normalized spacial score (nSPS) is 15.3. The van der Waals surface area contributed by atoms with Crippen LogP contribution in [0.3, 0.4) is 0 Å². The smallest absolute Gasteiger partial charge is 0.268 e. The number of unbranched alkanes of at least 4 members (excludes halogenated alkanes) is 1. The van der Waals surface area contributed by atoms with E-state index in [9.17, 15) is 14.4 Å². The zero-order valence-electron chi connectivity index (χ0n) is 16.6. The molecule has 2 aromatic rings. The number of ether oxygens (including phenoxy) is 1. The van der Waals surface area contributed by atoms with Gasteiger partial charge in [0.05, 0.1) is 5.69 Å².